The fraction of sp³-hybridized carbons (Fsp3) is 0.125. The highest BCUT2D eigenvalue weighted by molar-refractivity contribution is 5.70. The van der Waals surface area contributed by atoms with Crippen molar-refractivity contribution in [3.8, 4) is 22.9 Å². The molecule has 0 aliphatic carbocycles. The second kappa shape index (κ2) is 5.66. The van der Waals surface area contributed by atoms with E-state index >= 15 is 0 Å². The van der Waals surface area contributed by atoms with Crippen LogP contribution in [0.1, 0.15) is 5.56 Å². The topological polar surface area (TPSA) is 63.6 Å². The molecule has 5 heteroatoms. The van der Waals surface area contributed by atoms with Crippen LogP contribution in [0.4, 0.5) is 5.82 Å². The molecular formula is C16H15N5. The third-order valence-corrected chi connectivity index (χ3v) is 3.20. The molecule has 104 valence electrons. The Balaban J connectivity index is 2.21. The van der Waals surface area contributed by atoms with Crippen LogP contribution in [0.5, 0.6) is 0 Å². The van der Waals surface area contributed by atoms with Gasteiger partial charge in [0.15, 0.2) is 11.6 Å². The standard InChI is InChI=1S/C16H15N5/c1-11-13(12-7-4-3-5-8-12)20-16(21-14(11)17-2)15-18-9-6-10-19-15/h3-10H,1-2H3,(H,17,20,21). The second-order valence-corrected chi connectivity index (χ2v) is 4.56. The van der Waals surface area contributed by atoms with Gasteiger partial charge >= 0.3 is 0 Å². The van der Waals surface area contributed by atoms with Gasteiger partial charge in [-0.25, -0.2) is 19.9 Å². The van der Waals surface area contributed by atoms with Crippen molar-refractivity contribution < 1.29 is 0 Å². The Hall–Kier alpha value is -2.82. The van der Waals surface area contributed by atoms with Gasteiger partial charge in [0.1, 0.15) is 5.82 Å². The summed E-state index contributed by atoms with van der Waals surface area (Å²) in [6.07, 6.45) is 3.37. The minimum atomic E-state index is 0.518. The molecule has 5 nitrogen and oxygen atoms in total. The van der Waals surface area contributed by atoms with Crippen LogP contribution in [0.25, 0.3) is 22.9 Å². The third kappa shape index (κ3) is 2.58. The van der Waals surface area contributed by atoms with Crippen LogP contribution in [0, 0.1) is 6.92 Å². The molecule has 3 rings (SSSR count). The van der Waals surface area contributed by atoms with Crippen molar-refractivity contribution in [2.24, 2.45) is 0 Å². The van der Waals surface area contributed by atoms with Gasteiger partial charge in [0, 0.05) is 30.6 Å². The molecule has 21 heavy (non-hydrogen) atoms. The molecule has 2 aromatic heterocycles. The van der Waals surface area contributed by atoms with E-state index in [2.05, 4.69) is 25.3 Å². The average Bonchev–Trinajstić information content (AvgIpc) is 2.56. The lowest BCUT2D eigenvalue weighted by atomic mass is 10.1. The quantitative estimate of drug-likeness (QED) is 0.797. The molecule has 2 heterocycles. The van der Waals surface area contributed by atoms with Crippen LogP contribution in [-0.4, -0.2) is 27.0 Å². The van der Waals surface area contributed by atoms with Gasteiger partial charge in [-0.05, 0) is 13.0 Å². The summed E-state index contributed by atoms with van der Waals surface area (Å²) in [5, 5.41) is 3.11. The number of anilines is 1. The summed E-state index contributed by atoms with van der Waals surface area (Å²) in [4.78, 5) is 17.6. The van der Waals surface area contributed by atoms with Crippen molar-refractivity contribution in [3.05, 3.63) is 54.4 Å². The van der Waals surface area contributed by atoms with Crippen LogP contribution in [-0.2, 0) is 0 Å². The van der Waals surface area contributed by atoms with Crippen LogP contribution in [0.2, 0.25) is 0 Å². The number of benzene rings is 1. The molecule has 0 aliphatic heterocycles. The molecule has 0 saturated heterocycles. The first kappa shape index (κ1) is 13.2. The first-order valence-corrected chi connectivity index (χ1v) is 6.69. The van der Waals surface area contributed by atoms with E-state index in [1.54, 1.807) is 18.5 Å². The fourth-order valence-corrected chi connectivity index (χ4v) is 2.15. The fourth-order valence-electron chi connectivity index (χ4n) is 2.15. The van der Waals surface area contributed by atoms with Gasteiger partial charge in [-0.15, -0.1) is 0 Å². The highest BCUT2D eigenvalue weighted by Gasteiger charge is 2.14. The van der Waals surface area contributed by atoms with Gasteiger partial charge < -0.3 is 5.32 Å². The molecule has 0 bridgehead atoms. The van der Waals surface area contributed by atoms with E-state index in [1.807, 2.05) is 44.3 Å². The molecule has 0 spiro atoms. The number of rotatable bonds is 3. The Morgan fingerprint density at radius 1 is 0.857 bits per heavy atom. The smallest absolute Gasteiger partial charge is 0.200 e. The first-order chi connectivity index (χ1) is 10.3. The Bertz CT molecular complexity index is 741. The lowest BCUT2D eigenvalue weighted by Crippen LogP contribution is -2.04. The van der Waals surface area contributed by atoms with Gasteiger partial charge in [0.2, 0.25) is 0 Å². The Morgan fingerprint density at radius 3 is 2.24 bits per heavy atom. The Labute approximate surface area is 123 Å². The monoisotopic (exact) mass is 277 g/mol. The molecular weight excluding hydrogens is 262 g/mol. The summed E-state index contributed by atoms with van der Waals surface area (Å²) < 4.78 is 0. The zero-order valence-corrected chi connectivity index (χ0v) is 11.9. The first-order valence-electron chi connectivity index (χ1n) is 6.69. The Kier molecular flexibility index (Phi) is 3.55. The molecule has 0 amide bonds. The van der Waals surface area contributed by atoms with Crippen molar-refractivity contribution >= 4 is 5.82 Å². The lowest BCUT2D eigenvalue weighted by molar-refractivity contribution is 1.07. The van der Waals surface area contributed by atoms with Gasteiger partial charge in [-0.3, -0.25) is 0 Å². The minimum absolute atomic E-state index is 0.518. The van der Waals surface area contributed by atoms with Crippen LogP contribution in [0.3, 0.4) is 0 Å². The van der Waals surface area contributed by atoms with Gasteiger partial charge in [0.25, 0.3) is 0 Å². The van der Waals surface area contributed by atoms with Crippen molar-refractivity contribution in [2.45, 2.75) is 6.92 Å². The lowest BCUT2D eigenvalue weighted by Gasteiger charge is -2.11. The van der Waals surface area contributed by atoms with Crippen LogP contribution >= 0.6 is 0 Å². The molecule has 0 fully saturated rings. The number of nitrogens with zero attached hydrogens (tertiary/aromatic N) is 4. The molecule has 0 unspecified atom stereocenters. The van der Waals surface area contributed by atoms with E-state index < -0.39 is 0 Å². The van der Waals surface area contributed by atoms with Crippen molar-refractivity contribution in [3.63, 3.8) is 0 Å². The number of hydrogen-bond donors (Lipinski definition) is 1. The SMILES string of the molecule is CNc1nc(-c2ncccn2)nc(-c2ccccc2)c1C. The number of hydrogen-bond acceptors (Lipinski definition) is 5. The van der Waals surface area contributed by atoms with Crippen molar-refractivity contribution in [1.29, 1.82) is 0 Å². The van der Waals surface area contributed by atoms with Gasteiger partial charge in [-0.1, -0.05) is 30.3 Å². The molecule has 1 N–H and O–H groups in total. The summed E-state index contributed by atoms with van der Waals surface area (Å²) in [5.74, 6) is 1.82. The summed E-state index contributed by atoms with van der Waals surface area (Å²) >= 11 is 0. The summed E-state index contributed by atoms with van der Waals surface area (Å²) in [7, 11) is 1.85. The van der Waals surface area contributed by atoms with Gasteiger partial charge in [-0.2, -0.15) is 0 Å². The van der Waals surface area contributed by atoms with Gasteiger partial charge in [0.05, 0.1) is 5.69 Å². The van der Waals surface area contributed by atoms with Crippen molar-refractivity contribution in [2.75, 3.05) is 12.4 Å². The zero-order chi connectivity index (χ0) is 14.7. The van der Waals surface area contributed by atoms with E-state index in [4.69, 9.17) is 0 Å². The predicted molar refractivity (Wildman–Crippen MR) is 82.8 cm³/mol. The molecule has 0 saturated carbocycles. The van der Waals surface area contributed by atoms with E-state index in [0.29, 0.717) is 11.6 Å². The van der Waals surface area contributed by atoms with Crippen LogP contribution < -0.4 is 5.32 Å². The minimum Gasteiger partial charge on any atom is -0.373 e. The maximum atomic E-state index is 4.65. The van der Waals surface area contributed by atoms with E-state index in [-0.39, 0.29) is 0 Å². The molecule has 0 radical (unpaired) electrons. The van der Waals surface area contributed by atoms with E-state index in [9.17, 15) is 0 Å². The average molecular weight is 277 g/mol. The normalized spacial score (nSPS) is 10.4. The predicted octanol–water partition coefficient (Wildman–Crippen LogP) is 2.95. The number of nitrogens with one attached hydrogen (secondary N) is 1. The highest BCUT2D eigenvalue weighted by atomic mass is 15.1. The molecule has 3 aromatic rings. The number of aromatic nitrogens is 4. The highest BCUT2D eigenvalue weighted by Crippen LogP contribution is 2.27. The second-order valence-electron chi connectivity index (χ2n) is 4.56. The summed E-state index contributed by atoms with van der Waals surface area (Å²) in [5.41, 5.74) is 2.94. The maximum absolute atomic E-state index is 4.65. The zero-order valence-electron chi connectivity index (χ0n) is 11.9. The Morgan fingerprint density at radius 2 is 1.57 bits per heavy atom. The van der Waals surface area contributed by atoms with E-state index in [0.717, 1.165) is 22.6 Å². The largest absolute Gasteiger partial charge is 0.373 e. The van der Waals surface area contributed by atoms with Crippen LogP contribution in [0.15, 0.2) is 48.8 Å². The molecule has 1 aromatic carbocycles. The van der Waals surface area contributed by atoms with Crippen molar-refractivity contribution in [1.82, 2.24) is 19.9 Å². The summed E-state index contributed by atoms with van der Waals surface area (Å²) in [6, 6.07) is 11.8. The van der Waals surface area contributed by atoms with E-state index in [1.165, 1.54) is 0 Å². The third-order valence-electron chi connectivity index (χ3n) is 3.20. The molecule has 0 atom stereocenters. The molecule has 0 aliphatic rings. The maximum Gasteiger partial charge on any atom is 0.200 e. The summed E-state index contributed by atoms with van der Waals surface area (Å²) in [6.45, 7) is 2.00.